The molecule has 0 amide bonds. The molecule has 2 unspecified atom stereocenters. The van der Waals surface area contributed by atoms with E-state index in [1.165, 1.54) is 0 Å². The number of aliphatic hydroxyl groups is 1. The Hall–Kier alpha value is -0.0551. The largest absolute Gasteiger partial charge is 0.455 e. The van der Waals surface area contributed by atoms with Crippen molar-refractivity contribution in [2.45, 2.75) is 47.4 Å². The van der Waals surface area contributed by atoms with Crippen LogP contribution in [0.4, 0.5) is 0 Å². The minimum atomic E-state index is -1.39. The van der Waals surface area contributed by atoms with Crippen LogP contribution in [0.3, 0.4) is 0 Å². The molecule has 4 heteroatoms. The molecule has 0 aromatic heterocycles. The Labute approximate surface area is 93.7 Å². The monoisotopic (exact) mass is 216 g/mol. The van der Waals surface area contributed by atoms with Gasteiger partial charge >= 0.3 is 7.12 Å². The fourth-order valence-electron chi connectivity index (χ4n) is 2.18. The molecule has 0 heterocycles. The highest BCUT2D eigenvalue weighted by atomic mass is 16.4. The molecule has 0 aliphatic heterocycles. The molecule has 0 fully saturated rings. The first-order valence-corrected chi connectivity index (χ1v) is 5.48. The molecule has 0 rings (SSSR count). The van der Waals surface area contributed by atoms with Crippen LogP contribution in [0.15, 0.2) is 0 Å². The SMILES string of the molecule is CC(C)(C)C(CO)C(B(O)O)C(C)(C)C. The van der Waals surface area contributed by atoms with Crippen molar-refractivity contribution in [2.75, 3.05) is 6.61 Å². The molecule has 15 heavy (non-hydrogen) atoms. The van der Waals surface area contributed by atoms with E-state index in [0.717, 1.165) is 0 Å². The fourth-order valence-corrected chi connectivity index (χ4v) is 2.18. The van der Waals surface area contributed by atoms with Crippen molar-refractivity contribution in [1.82, 2.24) is 0 Å². The van der Waals surface area contributed by atoms with Crippen LogP contribution in [-0.2, 0) is 0 Å². The van der Waals surface area contributed by atoms with Crippen molar-refractivity contribution in [2.24, 2.45) is 16.7 Å². The Morgan fingerprint density at radius 3 is 1.40 bits per heavy atom. The van der Waals surface area contributed by atoms with Gasteiger partial charge in [-0.05, 0) is 16.7 Å². The van der Waals surface area contributed by atoms with Gasteiger partial charge in [-0.3, -0.25) is 0 Å². The van der Waals surface area contributed by atoms with Gasteiger partial charge in [0.1, 0.15) is 0 Å². The molecule has 0 radical (unpaired) electrons. The van der Waals surface area contributed by atoms with Crippen LogP contribution in [0.1, 0.15) is 41.5 Å². The summed E-state index contributed by atoms with van der Waals surface area (Å²) in [6.45, 7) is 11.9. The lowest BCUT2D eigenvalue weighted by Gasteiger charge is -2.42. The van der Waals surface area contributed by atoms with Gasteiger partial charge in [0.25, 0.3) is 0 Å². The van der Waals surface area contributed by atoms with Gasteiger partial charge in [-0.15, -0.1) is 0 Å². The Morgan fingerprint density at radius 2 is 1.33 bits per heavy atom. The maximum atomic E-state index is 9.46. The molecule has 0 saturated carbocycles. The smallest absolute Gasteiger partial charge is 0.427 e. The van der Waals surface area contributed by atoms with Crippen LogP contribution in [0.5, 0.6) is 0 Å². The van der Waals surface area contributed by atoms with Crippen molar-refractivity contribution in [3.8, 4) is 0 Å². The zero-order chi connectivity index (χ0) is 12.4. The van der Waals surface area contributed by atoms with Gasteiger partial charge in [-0.2, -0.15) is 0 Å². The van der Waals surface area contributed by atoms with Crippen molar-refractivity contribution in [1.29, 1.82) is 0 Å². The minimum Gasteiger partial charge on any atom is -0.427 e. The first-order chi connectivity index (χ1) is 6.51. The van der Waals surface area contributed by atoms with E-state index in [-0.39, 0.29) is 29.2 Å². The van der Waals surface area contributed by atoms with Gasteiger partial charge in [0.15, 0.2) is 0 Å². The average Bonchev–Trinajstić information content (AvgIpc) is 1.93. The van der Waals surface area contributed by atoms with Crippen LogP contribution in [0.25, 0.3) is 0 Å². The second-order valence-electron chi connectivity index (χ2n) is 6.46. The van der Waals surface area contributed by atoms with E-state index < -0.39 is 7.12 Å². The van der Waals surface area contributed by atoms with E-state index >= 15 is 0 Å². The third kappa shape index (κ3) is 4.13. The number of aliphatic hydroxyl groups excluding tert-OH is 1. The summed E-state index contributed by atoms with van der Waals surface area (Å²) in [4.78, 5) is 0. The van der Waals surface area contributed by atoms with Gasteiger partial charge in [0.05, 0.1) is 0 Å². The van der Waals surface area contributed by atoms with Crippen molar-refractivity contribution >= 4 is 7.12 Å². The standard InChI is InChI=1S/C11H25BO3/c1-10(2,3)8(7-13)9(12(14)15)11(4,5)6/h8-9,13-15H,7H2,1-6H3. The van der Waals surface area contributed by atoms with Crippen molar-refractivity contribution in [3.63, 3.8) is 0 Å². The van der Waals surface area contributed by atoms with E-state index in [0.29, 0.717) is 0 Å². The van der Waals surface area contributed by atoms with E-state index in [4.69, 9.17) is 0 Å². The van der Waals surface area contributed by atoms with Crippen LogP contribution >= 0.6 is 0 Å². The van der Waals surface area contributed by atoms with E-state index in [1.54, 1.807) is 0 Å². The highest BCUT2D eigenvalue weighted by Crippen LogP contribution is 2.45. The number of rotatable bonds is 3. The lowest BCUT2D eigenvalue weighted by atomic mass is 9.50. The molecule has 0 aromatic carbocycles. The average molecular weight is 216 g/mol. The maximum absolute atomic E-state index is 9.46. The lowest BCUT2D eigenvalue weighted by Crippen LogP contribution is -2.42. The summed E-state index contributed by atoms with van der Waals surface area (Å²) < 4.78 is 0. The molecule has 0 aromatic rings. The quantitative estimate of drug-likeness (QED) is 0.627. The summed E-state index contributed by atoms with van der Waals surface area (Å²) in [5.74, 6) is -0.458. The zero-order valence-electron chi connectivity index (χ0n) is 10.8. The molecular weight excluding hydrogens is 191 g/mol. The van der Waals surface area contributed by atoms with E-state index in [1.807, 2.05) is 41.5 Å². The Kier molecular flexibility index (Phi) is 4.83. The number of hydrogen-bond acceptors (Lipinski definition) is 3. The second kappa shape index (κ2) is 4.85. The van der Waals surface area contributed by atoms with Crippen molar-refractivity contribution in [3.05, 3.63) is 0 Å². The molecule has 3 nitrogen and oxygen atoms in total. The predicted molar refractivity (Wildman–Crippen MR) is 63.4 cm³/mol. The van der Waals surface area contributed by atoms with Gasteiger partial charge in [0, 0.05) is 12.4 Å². The van der Waals surface area contributed by atoms with Crippen molar-refractivity contribution < 1.29 is 15.2 Å². The summed E-state index contributed by atoms with van der Waals surface area (Å²) in [7, 11) is -1.39. The fraction of sp³-hybridized carbons (Fsp3) is 1.00. The van der Waals surface area contributed by atoms with E-state index in [2.05, 4.69) is 0 Å². The summed E-state index contributed by atoms with van der Waals surface area (Å²) in [5, 5.41) is 28.3. The molecule has 90 valence electrons. The van der Waals surface area contributed by atoms with Crippen LogP contribution in [0, 0.1) is 16.7 Å². The minimum absolute atomic E-state index is 0.0247. The predicted octanol–water partition coefficient (Wildman–Crippen LogP) is 1.53. The molecule has 0 bridgehead atoms. The Balaban J connectivity index is 5.06. The molecule has 0 aliphatic carbocycles. The normalized spacial score (nSPS) is 17.4. The Bertz CT molecular complexity index is 191. The second-order valence-corrected chi connectivity index (χ2v) is 6.46. The summed E-state index contributed by atoms with van der Waals surface area (Å²) in [6, 6.07) is 0. The van der Waals surface area contributed by atoms with Crippen LogP contribution in [-0.4, -0.2) is 28.9 Å². The maximum Gasteiger partial charge on any atom is 0.455 e. The highest BCUT2D eigenvalue weighted by Gasteiger charge is 2.44. The van der Waals surface area contributed by atoms with Gasteiger partial charge < -0.3 is 15.2 Å². The summed E-state index contributed by atoms with van der Waals surface area (Å²) >= 11 is 0. The summed E-state index contributed by atoms with van der Waals surface area (Å²) in [6.07, 6.45) is 0. The number of hydrogen-bond donors (Lipinski definition) is 3. The molecule has 2 atom stereocenters. The van der Waals surface area contributed by atoms with E-state index in [9.17, 15) is 15.2 Å². The van der Waals surface area contributed by atoms with Gasteiger partial charge in [-0.25, -0.2) is 0 Å². The molecule has 0 aliphatic rings. The van der Waals surface area contributed by atoms with Gasteiger partial charge in [-0.1, -0.05) is 41.5 Å². The third-order valence-electron chi connectivity index (χ3n) is 3.06. The first kappa shape index (κ1) is 14.9. The molecule has 0 saturated heterocycles. The van der Waals surface area contributed by atoms with Gasteiger partial charge in [0.2, 0.25) is 0 Å². The molecule has 3 N–H and O–H groups in total. The van der Waals surface area contributed by atoms with Crippen LogP contribution in [0.2, 0.25) is 5.82 Å². The summed E-state index contributed by atoms with van der Waals surface area (Å²) in [5.41, 5.74) is -0.384. The lowest BCUT2D eigenvalue weighted by molar-refractivity contribution is 0.0771. The molecule has 0 spiro atoms. The molecular formula is C11H25BO3. The zero-order valence-corrected chi connectivity index (χ0v) is 10.8. The topological polar surface area (TPSA) is 60.7 Å². The third-order valence-corrected chi connectivity index (χ3v) is 3.06. The first-order valence-electron chi connectivity index (χ1n) is 5.48. The Morgan fingerprint density at radius 1 is 0.933 bits per heavy atom. The highest BCUT2D eigenvalue weighted by molar-refractivity contribution is 6.43. The van der Waals surface area contributed by atoms with Crippen LogP contribution < -0.4 is 0 Å².